The molecule has 28 heavy (non-hydrogen) atoms. The number of amides is 2. The second kappa shape index (κ2) is 8.75. The maximum Gasteiger partial charge on any atom is 0.309 e. The molecule has 2 heterocycles. The largest absolute Gasteiger partial charge is 0.467 e. The summed E-state index contributed by atoms with van der Waals surface area (Å²) >= 11 is 5.83. The van der Waals surface area contributed by atoms with Gasteiger partial charge in [-0.2, -0.15) is 5.10 Å². The second-order valence-electron chi connectivity index (χ2n) is 6.42. The lowest BCUT2D eigenvalue weighted by molar-refractivity contribution is -0.139. The number of hydrogen-bond acceptors (Lipinski definition) is 4. The van der Waals surface area contributed by atoms with Gasteiger partial charge in [-0.15, -0.1) is 0 Å². The molecule has 7 nitrogen and oxygen atoms in total. The summed E-state index contributed by atoms with van der Waals surface area (Å²) < 4.78 is 7.28. The molecule has 8 heteroatoms. The molecule has 0 bridgehead atoms. The van der Waals surface area contributed by atoms with Crippen LogP contribution in [0.3, 0.4) is 0 Å². The van der Waals surface area contributed by atoms with Crippen molar-refractivity contribution in [2.45, 2.75) is 26.4 Å². The Morgan fingerprint density at radius 1 is 1.14 bits per heavy atom. The maximum atomic E-state index is 12.2. The summed E-state index contributed by atoms with van der Waals surface area (Å²) in [6, 6.07) is 12.2. The van der Waals surface area contributed by atoms with Crippen LogP contribution < -0.4 is 10.6 Å². The Morgan fingerprint density at radius 2 is 1.86 bits per heavy atom. The first-order valence-electron chi connectivity index (χ1n) is 8.80. The van der Waals surface area contributed by atoms with Crippen molar-refractivity contribution in [1.82, 2.24) is 20.4 Å². The van der Waals surface area contributed by atoms with Gasteiger partial charge in [0, 0.05) is 23.8 Å². The lowest BCUT2D eigenvalue weighted by Crippen LogP contribution is -2.42. The van der Waals surface area contributed by atoms with Crippen LogP contribution in [0, 0.1) is 13.8 Å². The summed E-state index contributed by atoms with van der Waals surface area (Å²) in [5, 5.41) is 10.3. The Bertz CT molecular complexity index is 949. The van der Waals surface area contributed by atoms with E-state index in [1.54, 1.807) is 41.3 Å². The van der Waals surface area contributed by atoms with Crippen LogP contribution >= 0.6 is 11.6 Å². The number of nitrogens with one attached hydrogen (secondary N) is 2. The Labute approximate surface area is 167 Å². The number of aromatic nitrogens is 2. The molecule has 1 atom stereocenters. The standard InChI is InChI=1S/C20H21ClN4O3/c1-13-10-14(2)25(24-13)17(18-4-3-9-28-18)12-23-20(27)19(26)22-11-15-5-7-16(21)8-6-15/h3-10,17H,11-12H2,1-2H3,(H,22,26)(H,23,27). The molecule has 2 aromatic heterocycles. The minimum atomic E-state index is -0.716. The summed E-state index contributed by atoms with van der Waals surface area (Å²) in [4.78, 5) is 24.3. The molecule has 2 N–H and O–H groups in total. The van der Waals surface area contributed by atoms with E-state index in [-0.39, 0.29) is 19.1 Å². The van der Waals surface area contributed by atoms with Crippen molar-refractivity contribution in [3.8, 4) is 0 Å². The third-order valence-corrected chi connectivity index (χ3v) is 4.49. The number of hydrogen-bond donors (Lipinski definition) is 2. The minimum Gasteiger partial charge on any atom is -0.467 e. The normalized spacial score (nSPS) is 11.8. The number of aryl methyl sites for hydroxylation is 2. The van der Waals surface area contributed by atoms with Crippen LogP contribution in [0.5, 0.6) is 0 Å². The maximum absolute atomic E-state index is 12.2. The fourth-order valence-electron chi connectivity index (χ4n) is 2.88. The van der Waals surface area contributed by atoms with Crippen LogP contribution in [0.15, 0.2) is 53.1 Å². The molecule has 0 saturated heterocycles. The molecule has 0 aliphatic rings. The summed E-state index contributed by atoms with van der Waals surface area (Å²) in [7, 11) is 0. The van der Waals surface area contributed by atoms with Gasteiger partial charge >= 0.3 is 11.8 Å². The van der Waals surface area contributed by atoms with Crippen molar-refractivity contribution in [1.29, 1.82) is 0 Å². The molecule has 2 amide bonds. The zero-order chi connectivity index (χ0) is 20.1. The highest BCUT2D eigenvalue weighted by Crippen LogP contribution is 2.20. The van der Waals surface area contributed by atoms with Gasteiger partial charge in [0.1, 0.15) is 11.8 Å². The van der Waals surface area contributed by atoms with Gasteiger partial charge in [-0.3, -0.25) is 14.3 Å². The fourth-order valence-corrected chi connectivity index (χ4v) is 3.01. The summed E-state index contributed by atoms with van der Waals surface area (Å²) in [5.41, 5.74) is 2.64. The fraction of sp³-hybridized carbons (Fsp3) is 0.250. The third-order valence-electron chi connectivity index (χ3n) is 4.24. The zero-order valence-electron chi connectivity index (χ0n) is 15.6. The van der Waals surface area contributed by atoms with Gasteiger partial charge < -0.3 is 15.1 Å². The Balaban J connectivity index is 1.61. The number of nitrogens with zero attached hydrogens (tertiary/aromatic N) is 2. The van der Waals surface area contributed by atoms with E-state index in [0.717, 1.165) is 17.0 Å². The highest BCUT2D eigenvalue weighted by molar-refractivity contribution is 6.35. The topological polar surface area (TPSA) is 89.2 Å². The Kier molecular flexibility index (Phi) is 6.16. The average molecular weight is 401 g/mol. The third kappa shape index (κ3) is 4.80. The number of carbonyl (C=O) groups is 2. The molecular weight excluding hydrogens is 380 g/mol. The lowest BCUT2D eigenvalue weighted by atomic mass is 10.2. The van der Waals surface area contributed by atoms with Gasteiger partial charge in [0.25, 0.3) is 0 Å². The summed E-state index contributed by atoms with van der Waals surface area (Å²) in [5.74, 6) is -0.776. The zero-order valence-corrected chi connectivity index (χ0v) is 16.4. The lowest BCUT2D eigenvalue weighted by Gasteiger charge is -2.18. The molecule has 146 valence electrons. The smallest absolute Gasteiger partial charge is 0.309 e. The molecular formula is C20H21ClN4O3. The van der Waals surface area contributed by atoms with E-state index in [2.05, 4.69) is 15.7 Å². The predicted molar refractivity (Wildman–Crippen MR) is 105 cm³/mol. The molecule has 1 unspecified atom stereocenters. The molecule has 1 aromatic carbocycles. The number of rotatable bonds is 6. The average Bonchev–Trinajstić information content (AvgIpc) is 3.31. The van der Waals surface area contributed by atoms with Gasteiger partial charge in [-0.25, -0.2) is 0 Å². The van der Waals surface area contributed by atoms with Gasteiger partial charge in [0.2, 0.25) is 0 Å². The molecule has 3 rings (SSSR count). The first-order chi connectivity index (χ1) is 13.4. The van der Waals surface area contributed by atoms with Crippen molar-refractivity contribution in [3.05, 3.63) is 76.5 Å². The molecule has 0 spiro atoms. The Morgan fingerprint density at radius 3 is 2.46 bits per heavy atom. The quantitative estimate of drug-likeness (QED) is 0.622. The van der Waals surface area contributed by atoms with E-state index < -0.39 is 11.8 Å². The Hall–Kier alpha value is -3.06. The van der Waals surface area contributed by atoms with E-state index in [1.807, 2.05) is 26.0 Å². The van der Waals surface area contributed by atoms with E-state index in [0.29, 0.717) is 10.8 Å². The molecule has 0 saturated carbocycles. The number of carbonyl (C=O) groups excluding carboxylic acids is 2. The molecule has 0 aliphatic carbocycles. The summed E-state index contributed by atoms with van der Waals surface area (Å²) in [6.45, 7) is 4.23. The SMILES string of the molecule is Cc1cc(C)n(C(CNC(=O)C(=O)NCc2ccc(Cl)cc2)c2ccco2)n1. The molecule has 0 radical (unpaired) electrons. The van der Waals surface area contributed by atoms with E-state index >= 15 is 0 Å². The van der Waals surface area contributed by atoms with Gasteiger partial charge in [0.05, 0.1) is 12.0 Å². The highest BCUT2D eigenvalue weighted by Gasteiger charge is 2.22. The van der Waals surface area contributed by atoms with Crippen LogP contribution in [0.25, 0.3) is 0 Å². The highest BCUT2D eigenvalue weighted by atomic mass is 35.5. The van der Waals surface area contributed by atoms with Crippen LogP contribution in [0.4, 0.5) is 0 Å². The van der Waals surface area contributed by atoms with E-state index in [4.69, 9.17) is 16.0 Å². The van der Waals surface area contributed by atoms with Crippen LogP contribution in [0.2, 0.25) is 5.02 Å². The first-order valence-corrected chi connectivity index (χ1v) is 9.18. The van der Waals surface area contributed by atoms with Crippen molar-refractivity contribution in [2.24, 2.45) is 0 Å². The molecule has 0 aliphatic heterocycles. The van der Waals surface area contributed by atoms with Crippen molar-refractivity contribution in [3.63, 3.8) is 0 Å². The van der Waals surface area contributed by atoms with Crippen LogP contribution in [-0.2, 0) is 16.1 Å². The van der Waals surface area contributed by atoms with E-state index in [1.165, 1.54) is 0 Å². The summed E-state index contributed by atoms with van der Waals surface area (Å²) in [6.07, 6.45) is 1.56. The monoisotopic (exact) mass is 400 g/mol. The first kappa shape index (κ1) is 19.7. The van der Waals surface area contributed by atoms with Gasteiger partial charge in [-0.05, 0) is 49.7 Å². The van der Waals surface area contributed by atoms with Crippen molar-refractivity contribution < 1.29 is 14.0 Å². The van der Waals surface area contributed by atoms with E-state index in [9.17, 15) is 9.59 Å². The van der Waals surface area contributed by atoms with Crippen LogP contribution in [0.1, 0.15) is 28.8 Å². The number of halogens is 1. The molecule has 0 fully saturated rings. The van der Waals surface area contributed by atoms with Crippen LogP contribution in [-0.4, -0.2) is 28.1 Å². The van der Waals surface area contributed by atoms with Gasteiger partial charge in [0.15, 0.2) is 0 Å². The van der Waals surface area contributed by atoms with Gasteiger partial charge in [-0.1, -0.05) is 23.7 Å². The second-order valence-corrected chi connectivity index (χ2v) is 6.86. The van der Waals surface area contributed by atoms with Crippen molar-refractivity contribution in [2.75, 3.05) is 6.54 Å². The minimum absolute atomic E-state index is 0.169. The molecule has 3 aromatic rings. The predicted octanol–water partition coefficient (Wildman–Crippen LogP) is 2.77. The number of benzene rings is 1. The number of furan rings is 1. The van der Waals surface area contributed by atoms with Crippen molar-refractivity contribution >= 4 is 23.4 Å².